The summed E-state index contributed by atoms with van der Waals surface area (Å²) < 4.78 is 8.34. The molecule has 3 unspecified atom stereocenters. The average Bonchev–Trinajstić information content (AvgIpc) is 3.72. The molecule has 0 saturated heterocycles. The first-order chi connectivity index (χ1) is 22.2. The van der Waals surface area contributed by atoms with Gasteiger partial charge in [0, 0.05) is 41.0 Å². The smallest absolute Gasteiger partial charge is 0.0748 e. The molecule has 0 radical (unpaired) electrons. The van der Waals surface area contributed by atoms with Gasteiger partial charge in [0.05, 0.1) is 13.7 Å². The molecular weight excluding hydrogens is 575 g/mol. The molecule has 2 nitrogen and oxygen atoms in total. The highest BCUT2D eigenvalue weighted by Gasteiger charge is 2.47. The molecule has 0 N–H and O–H groups in total. The van der Waals surface area contributed by atoms with Crippen LogP contribution >= 0.6 is 0 Å². The van der Waals surface area contributed by atoms with Crippen molar-refractivity contribution in [1.29, 1.82) is 0 Å². The fourth-order valence-corrected chi connectivity index (χ4v) is 14.2. The van der Waals surface area contributed by atoms with Crippen molar-refractivity contribution in [2.75, 3.05) is 6.61 Å². The van der Waals surface area contributed by atoms with E-state index in [1.807, 2.05) is 0 Å². The largest absolute Gasteiger partial charge is 0.376 e. The van der Waals surface area contributed by atoms with E-state index in [0.717, 1.165) is 13.0 Å². The molecule has 0 spiro atoms. The molecule has 0 bridgehead atoms. The molecule has 2 aliphatic carbocycles. The van der Waals surface area contributed by atoms with Crippen LogP contribution in [-0.4, -0.2) is 24.8 Å². The average molecular weight is 624 g/mol. The van der Waals surface area contributed by atoms with Crippen LogP contribution in [0.2, 0.25) is 12.6 Å². The van der Waals surface area contributed by atoms with Gasteiger partial charge in [-0.05, 0) is 91.2 Å². The molecule has 236 valence electrons. The Kier molecular flexibility index (Phi) is 8.19. The number of nitrogens with zero attached hydrogens (tertiary/aromatic N) is 1. The van der Waals surface area contributed by atoms with Gasteiger partial charge in [-0.1, -0.05) is 122 Å². The fraction of sp³-hybridized carbons (Fsp3) is 0.349. The van der Waals surface area contributed by atoms with Crippen LogP contribution in [0.25, 0.3) is 45.1 Å². The number of hydrogen-bond donors (Lipinski definition) is 0. The minimum Gasteiger partial charge on any atom is -0.376 e. The number of aromatic nitrogens is 1. The number of unbranched alkanes of at least 4 members (excludes halogenated alkanes) is 3. The second-order valence-corrected chi connectivity index (χ2v) is 19.7. The fourth-order valence-electron chi connectivity index (χ4n) is 8.66. The highest BCUT2D eigenvalue weighted by Crippen LogP contribution is 2.53. The molecule has 4 aromatic carbocycles. The summed E-state index contributed by atoms with van der Waals surface area (Å²) in [7, 11) is 0.245. The molecule has 1 aromatic heterocycles. The van der Waals surface area contributed by atoms with Crippen molar-refractivity contribution in [2.24, 2.45) is 7.05 Å². The maximum absolute atomic E-state index is 6.02. The second-order valence-electron chi connectivity index (χ2n) is 15.0. The Morgan fingerprint density at radius 2 is 1.52 bits per heavy atom. The zero-order valence-electron chi connectivity index (χ0n) is 28.6. The topological polar surface area (TPSA) is 14.2 Å². The first kappa shape index (κ1) is 31.0. The predicted molar refractivity (Wildman–Crippen MR) is 201 cm³/mol. The Bertz CT molecular complexity index is 1970. The van der Waals surface area contributed by atoms with E-state index in [0.29, 0.717) is 11.1 Å². The lowest BCUT2D eigenvalue weighted by Gasteiger charge is -2.41. The van der Waals surface area contributed by atoms with E-state index < -0.39 is 8.07 Å². The van der Waals surface area contributed by atoms with Gasteiger partial charge in [-0.25, -0.2) is 0 Å². The molecule has 3 atom stereocenters. The van der Waals surface area contributed by atoms with Crippen molar-refractivity contribution in [2.45, 2.75) is 82.7 Å². The third kappa shape index (κ3) is 5.52. The second kappa shape index (κ2) is 12.2. The van der Waals surface area contributed by atoms with E-state index in [4.69, 9.17) is 4.74 Å². The van der Waals surface area contributed by atoms with Gasteiger partial charge in [0.25, 0.3) is 0 Å². The lowest BCUT2D eigenvalue weighted by molar-refractivity contribution is -0.00471. The normalized spacial score (nSPS) is 18.6. The molecule has 0 amide bonds. The quantitative estimate of drug-likeness (QED) is 0.111. The first-order valence-electron chi connectivity index (χ1n) is 17.4. The third-order valence-corrected chi connectivity index (χ3v) is 16.3. The molecule has 0 aliphatic heterocycles. The summed E-state index contributed by atoms with van der Waals surface area (Å²) in [4.78, 5) is 0. The van der Waals surface area contributed by atoms with Gasteiger partial charge in [-0.3, -0.25) is 0 Å². The van der Waals surface area contributed by atoms with Crippen LogP contribution in [0.1, 0.15) is 86.7 Å². The summed E-state index contributed by atoms with van der Waals surface area (Å²) in [5.41, 5.74) is 13.8. The Morgan fingerprint density at radius 3 is 2.37 bits per heavy atom. The summed E-state index contributed by atoms with van der Waals surface area (Å²) >= 11 is 0. The standard InChI is InChI=1S/C43H49NOSi/c1-30-28-37-33(32-22-24-40-38(29-32)35-18-11-12-21-39(35)44(40)5)19-15-20-36(37)42(30)46(6,27-14-8-7-13-26-45-43(2,3)4)41-25-23-31-16-9-10-17-34(31)41/h9-12,15-25,28-29,41-42H,7-8,13-14,26-27H2,1-6H3. The Balaban J connectivity index is 1.23. The van der Waals surface area contributed by atoms with Crippen molar-refractivity contribution in [3.05, 3.63) is 119 Å². The minimum atomic E-state index is -1.94. The molecule has 0 saturated carbocycles. The lowest BCUT2D eigenvalue weighted by Crippen LogP contribution is -2.44. The van der Waals surface area contributed by atoms with Crippen LogP contribution in [0, 0.1) is 0 Å². The SMILES string of the molecule is CC1=Cc2c(-c3ccc4c(c3)c3ccccc3n4C)cccc2C1[Si](C)(CCCCCCOC(C)(C)C)C1C=Cc2ccccc21. The highest BCUT2D eigenvalue weighted by atomic mass is 28.3. The molecule has 46 heavy (non-hydrogen) atoms. The molecule has 7 rings (SSSR count). The molecule has 5 aromatic rings. The number of rotatable bonds is 10. The summed E-state index contributed by atoms with van der Waals surface area (Å²) in [5.74, 6) is 0. The molecular formula is C43H49NOSi. The molecule has 1 heterocycles. The van der Waals surface area contributed by atoms with E-state index >= 15 is 0 Å². The van der Waals surface area contributed by atoms with Crippen LogP contribution in [-0.2, 0) is 11.8 Å². The van der Waals surface area contributed by atoms with Crippen molar-refractivity contribution in [1.82, 2.24) is 4.57 Å². The van der Waals surface area contributed by atoms with Gasteiger partial charge in [0.1, 0.15) is 0 Å². The van der Waals surface area contributed by atoms with Gasteiger partial charge in [-0.2, -0.15) is 0 Å². The lowest BCUT2D eigenvalue weighted by atomic mass is 9.96. The van der Waals surface area contributed by atoms with Crippen LogP contribution in [0.4, 0.5) is 0 Å². The highest BCUT2D eigenvalue weighted by molar-refractivity contribution is 6.82. The summed E-state index contributed by atoms with van der Waals surface area (Å²) in [6.07, 6.45) is 12.5. The monoisotopic (exact) mass is 623 g/mol. The van der Waals surface area contributed by atoms with Crippen molar-refractivity contribution >= 4 is 42.0 Å². The number of fused-ring (bicyclic) bond motifs is 5. The summed E-state index contributed by atoms with van der Waals surface area (Å²) in [6, 6.07) is 33.5. The van der Waals surface area contributed by atoms with Crippen molar-refractivity contribution in [3.8, 4) is 11.1 Å². The van der Waals surface area contributed by atoms with Gasteiger partial charge in [0.15, 0.2) is 0 Å². The maximum Gasteiger partial charge on any atom is 0.0748 e. The van der Waals surface area contributed by atoms with Gasteiger partial charge in [0.2, 0.25) is 0 Å². The number of aryl methyl sites for hydroxylation is 1. The van der Waals surface area contributed by atoms with Gasteiger partial charge >= 0.3 is 0 Å². The van der Waals surface area contributed by atoms with Crippen LogP contribution < -0.4 is 0 Å². The predicted octanol–water partition coefficient (Wildman–Crippen LogP) is 11.8. The Labute approximate surface area is 276 Å². The zero-order valence-corrected chi connectivity index (χ0v) is 29.6. The van der Waals surface area contributed by atoms with E-state index in [1.54, 1.807) is 16.7 Å². The minimum absolute atomic E-state index is 0.0487. The van der Waals surface area contributed by atoms with E-state index in [9.17, 15) is 0 Å². The Hall–Kier alpha value is -3.66. The summed E-state index contributed by atoms with van der Waals surface area (Å²) in [5, 5.41) is 2.67. The van der Waals surface area contributed by atoms with Gasteiger partial charge < -0.3 is 9.30 Å². The van der Waals surface area contributed by atoms with Gasteiger partial charge in [-0.15, -0.1) is 0 Å². The van der Waals surface area contributed by atoms with E-state index in [-0.39, 0.29) is 5.60 Å². The van der Waals surface area contributed by atoms with Crippen LogP contribution in [0.5, 0.6) is 0 Å². The third-order valence-electron chi connectivity index (χ3n) is 10.8. The van der Waals surface area contributed by atoms with Crippen LogP contribution in [0.3, 0.4) is 0 Å². The molecule has 3 heteroatoms. The van der Waals surface area contributed by atoms with Crippen LogP contribution in [0.15, 0.2) is 96.6 Å². The zero-order chi connectivity index (χ0) is 32.1. The summed E-state index contributed by atoms with van der Waals surface area (Å²) in [6.45, 7) is 12.5. The number of hydrogen-bond acceptors (Lipinski definition) is 1. The number of ether oxygens (including phenoxy) is 1. The number of para-hydroxylation sites is 1. The number of allylic oxidation sites excluding steroid dienone is 2. The first-order valence-corrected chi connectivity index (χ1v) is 20.2. The van der Waals surface area contributed by atoms with Crippen molar-refractivity contribution < 1.29 is 4.74 Å². The molecule has 0 fully saturated rings. The maximum atomic E-state index is 6.02. The van der Waals surface area contributed by atoms with E-state index in [2.05, 4.69) is 149 Å². The number of benzene rings is 4. The Morgan fingerprint density at radius 1 is 0.783 bits per heavy atom. The van der Waals surface area contributed by atoms with E-state index in [1.165, 1.54) is 69.4 Å². The molecule has 2 aliphatic rings. The van der Waals surface area contributed by atoms with Crippen molar-refractivity contribution in [3.63, 3.8) is 0 Å².